The minimum Gasteiger partial charge on any atom is -0.399 e. The van der Waals surface area contributed by atoms with E-state index in [1.807, 2.05) is 33.8 Å². The zero-order valence-electron chi connectivity index (χ0n) is 16.3. The number of halogens is 1. The number of nitrogens with zero attached hydrogens (tertiary/aromatic N) is 1. The molecule has 142 valence electrons. The molecule has 1 amide bonds. The summed E-state index contributed by atoms with van der Waals surface area (Å²) in [5.74, 6) is -0.0816. The van der Waals surface area contributed by atoms with Crippen molar-refractivity contribution >= 4 is 30.1 Å². The van der Waals surface area contributed by atoms with Gasteiger partial charge in [0.15, 0.2) is 0 Å². The molecule has 26 heavy (non-hydrogen) atoms. The molecular formula is C19H28BClN2O3. The Labute approximate surface area is 161 Å². The van der Waals surface area contributed by atoms with Gasteiger partial charge in [0.05, 0.1) is 11.2 Å². The maximum absolute atomic E-state index is 12.5. The van der Waals surface area contributed by atoms with Crippen LogP contribution in [0.5, 0.6) is 0 Å². The number of hydrogen-bond donors (Lipinski definition) is 1. The number of piperidine rings is 1. The van der Waals surface area contributed by atoms with E-state index in [0.29, 0.717) is 10.6 Å². The summed E-state index contributed by atoms with van der Waals surface area (Å²) in [6.07, 6.45) is 1.95. The minimum atomic E-state index is -0.529. The molecule has 5 nitrogen and oxygen atoms in total. The Morgan fingerprint density at radius 1 is 1.19 bits per heavy atom. The van der Waals surface area contributed by atoms with E-state index >= 15 is 0 Å². The number of nitrogens with one attached hydrogen (secondary N) is 1. The third-order valence-corrected chi connectivity index (χ3v) is 6.15. The van der Waals surface area contributed by atoms with E-state index in [9.17, 15) is 4.79 Å². The molecule has 0 aliphatic carbocycles. The van der Waals surface area contributed by atoms with Gasteiger partial charge in [-0.1, -0.05) is 17.7 Å². The molecule has 2 aliphatic heterocycles. The summed E-state index contributed by atoms with van der Waals surface area (Å²) in [6.45, 7) is 10.0. The van der Waals surface area contributed by atoms with Gasteiger partial charge in [-0.2, -0.15) is 0 Å². The van der Waals surface area contributed by atoms with Gasteiger partial charge >= 0.3 is 7.12 Å². The highest BCUT2D eigenvalue weighted by atomic mass is 35.5. The molecule has 0 saturated carbocycles. The van der Waals surface area contributed by atoms with Crippen LogP contribution in [0, 0.1) is 0 Å². The average molecular weight is 379 g/mol. The van der Waals surface area contributed by atoms with Gasteiger partial charge in [-0.3, -0.25) is 4.79 Å². The fourth-order valence-corrected chi connectivity index (χ4v) is 3.52. The summed E-state index contributed by atoms with van der Waals surface area (Å²) in [5.41, 5.74) is 0.464. The number of likely N-dealkylation sites (tertiary alicyclic amines) is 1. The SMILES string of the molecule is CN1CCC(NC(=O)c2ccc(B3OC(C)(C)C(C)(C)O3)c(Cl)c2)CC1. The lowest BCUT2D eigenvalue weighted by Crippen LogP contribution is -2.43. The lowest BCUT2D eigenvalue weighted by Gasteiger charge is -2.32. The van der Waals surface area contributed by atoms with Crippen LogP contribution in [0.1, 0.15) is 50.9 Å². The van der Waals surface area contributed by atoms with Crippen LogP contribution >= 0.6 is 11.6 Å². The van der Waals surface area contributed by atoms with Gasteiger partial charge in [0, 0.05) is 22.1 Å². The molecule has 0 unspecified atom stereocenters. The predicted octanol–water partition coefficient (Wildman–Crippen LogP) is 2.46. The molecule has 1 aromatic rings. The standard InChI is InChI=1S/C19H28BClN2O3/c1-18(2)19(3,4)26-20(25-18)15-7-6-13(12-16(15)21)17(24)22-14-8-10-23(5)11-9-14/h6-7,12,14H,8-11H2,1-5H3,(H,22,24). The van der Waals surface area contributed by atoms with Gasteiger partial charge in [0.1, 0.15) is 0 Å². The fourth-order valence-electron chi connectivity index (χ4n) is 3.25. The quantitative estimate of drug-likeness (QED) is 0.821. The van der Waals surface area contributed by atoms with Crippen LogP contribution < -0.4 is 10.8 Å². The summed E-state index contributed by atoms with van der Waals surface area (Å²) in [6, 6.07) is 5.54. The van der Waals surface area contributed by atoms with Gasteiger partial charge in [-0.15, -0.1) is 0 Å². The molecule has 2 aliphatic rings. The third kappa shape index (κ3) is 3.93. The van der Waals surface area contributed by atoms with Crippen molar-refractivity contribution in [3.8, 4) is 0 Å². The predicted molar refractivity (Wildman–Crippen MR) is 105 cm³/mol. The van der Waals surface area contributed by atoms with Crippen LogP contribution in [0.2, 0.25) is 5.02 Å². The fraction of sp³-hybridized carbons (Fsp3) is 0.632. The normalized spacial score (nSPS) is 23.2. The summed E-state index contributed by atoms with van der Waals surface area (Å²) in [5, 5.41) is 3.60. The Hall–Kier alpha value is -1.08. The van der Waals surface area contributed by atoms with Crippen molar-refractivity contribution in [2.45, 2.75) is 57.8 Å². The number of benzene rings is 1. The first-order valence-electron chi connectivity index (χ1n) is 9.23. The minimum absolute atomic E-state index is 0.0816. The second-order valence-corrected chi connectivity index (χ2v) is 8.78. The lowest BCUT2D eigenvalue weighted by molar-refractivity contribution is 0.00578. The van der Waals surface area contributed by atoms with E-state index in [1.54, 1.807) is 12.1 Å². The van der Waals surface area contributed by atoms with Crippen molar-refractivity contribution in [1.82, 2.24) is 10.2 Å². The molecular weight excluding hydrogens is 350 g/mol. The monoisotopic (exact) mass is 378 g/mol. The number of carbonyl (C=O) groups is 1. The molecule has 0 aromatic heterocycles. The molecule has 7 heteroatoms. The van der Waals surface area contributed by atoms with Crippen molar-refractivity contribution in [3.63, 3.8) is 0 Å². The van der Waals surface area contributed by atoms with E-state index < -0.39 is 18.3 Å². The molecule has 2 heterocycles. The molecule has 0 spiro atoms. The first-order valence-corrected chi connectivity index (χ1v) is 9.61. The summed E-state index contributed by atoms with van der Waals surface area (Å²) < 4.78 is 12.1. The van der Waals surface area contributed by atoms with Gasteiger partial charge in [-0.25, -0.2) is 0 Å². The Morgan fingerprint density at radius 3 is 2.31 bits per heavy atom. The third-order valence-electron chi connectivity index (χ3n) is 5.82. The van der Waals surface area contributed by atoms with Crippen LogP contribution in [-0.2, 0) is 9.31 Å². The van der Waals surface area contributed by atoms with E-state index in [2.05, 4.69) is 17.3 Å². The molecule has 2 fully saturated rings. The van der Waals surface area contributed by atoms with Crippen LogP contribution in [0.15, 0.2) is 18.2 Å². The Bertz CT molecular complexity index is 671. The van der Waals surface area contributed by atoms with Gasteiger partial charge < -0.3 is 19.5 Å². The lowest BCUT2D eigenvalue weighted by atomic mass is 9.78. The number of carbonyl (C=O) groups excluding carboxylic acids is 1. The van der Waals surface area contributed by atoms with Crippen LogP contribution in [-0.4, -0.2) is 55.3 Å². The molecule has 0 bridgehead atoms. The molecule has 2 saturated heterocycles. The highest BCUT2D eigenvalue weighted by Crippen LogP contribution is 2.37. The second-order valence-electron chi connectivity index (χ2n) is 8.38. The van der Waals surface area contributed by atoms with Gasteiger partial charge in [0.25, 0.3) is 5.91 Å². The number of hydrogen-bond acceptors (Lipinski definition) is 4. The Kier molecular flexibility index (Phi) is 5.41. The molecule has 1 aromatic carbocycles. The van der Waals surface area contributed by atoms with E-state index in [0.717, 1.165) is 31.4 Å². The average Bonchev–Trinajstić information content (AvgIpc) is 2.77. The van der Waals surface area contributed by atoms with Crippen molar-refractivity contribution < 1.29 is 14.1 Å². The topological polar surface area (TPSA) is 50.8 Å². The summed E-state index contributed by atoms with van der Waals surface area (Å²) in [7, 11) is 1.57. The summed E-state index contributed by atoms with van der Waals surface area (Å²) in [4.78, 5) is 14.8. The zero-order chi connectivity index (χ0) is 19.1. The smallest absolute Gasteiger partial charge is 0.399 e. The second kappa shape index (κ2) is 7.15. The van der Waals surface area contributed by atoms with E-state index in [1.165, 1.54) is 0 Å². The Balaban J connectivity index is 1.69. The number of rotatable bonds is 3. The molecule has 3 rings (SSSR count). The summed E-state index contributed by atoms with van der Waals surface area (Å²) >= 11 is 6.45. The van der Waals surface area contributed by atoms with E-state index in [-0.39, 0.29) is 11.9 Å². The first-order chi connectivity index (χ1) is 12.1. The zero-order valence-corrected chi connectivity index (χ0v) is 17.0. The van der Waals surface area contributed by atoms with Crippen LogP contribution in [0.4, 0.5) is 0 Å². The van der Waals surface area contributed by atoms with Crippen molar-refractivity contribution in [1.29, 1.82) is 0 Å². The molecule has 0 radical (unpaired) electrons. The van der Waals surface area contributed by atoms with Crippen molar-refractivity contribution in [3.05, 3.63) is 28.8 Å². The van der Waals surface area contributed by atoms with Gasteiger partial charge in [-0.05, 0) is 72.8 Å². The van der Waals surface area contributed by atoms with Crippen LogP contribution in [0.25, 0.3) is 0 Å². The Morgan fingerprint density at radius 2 is 1.77 bits per heavy atom. The van der Waals surface area contributed by atoms with Crippen molar-refractivity contribution in [2.24, 2.45) is 0 Å². The van der Waals surface area contributed by atoms with Crippen molar-refractivity contribution in [2.75, 3.05) is 20.1 Å². The number of amides is 1. The van der Waals surface area contributed by atoms with E-state index in [4.69, 9.17) is 20.9 Å². The largest absolute Gasteiger partial charge is 0.496 e. The first kappa shape index (κ1) is 19.7. The highest BCUT2D eigenvalue weighted by Gasteiger charge is 2.52. The molecule has 1 N–H and O–H groups in total. The molecule has 0 atom stereocenters. The maximum Gasteiger partial charge on any atom is 0.496 e. The van der Waals surface area contributed by atoms with Gasteiger partial charge in [0.2, 0.25) is 0 Å². The highest BCUT2D eigenvalue weighted by molar-refractivity contribution is 6.65. The maximum atomic E-state index is 12.5. The van der Waals surface area contributed by atoms with Crippen LogP contribution in [0.3, 0.4) is 0 Å².